The van der Waals surface area contributed by atoms with Crippen LogP contribution in [0.4, 0.5) is 45.5 Å². The van der Waals surface area contributed by atoms with Gasteiger partial charge in [0, 0.05) is 50.9 Å². The van der Waals surface area contributed by atoms with Crippen molar-refractivity contribution in [2.45, 2.75) is 95.4 Å². The summed E-state index contributed by atoms with van der Waals surface area (Å²) in [5.41, 5.74) is 22.5. The smallest absolute Gasteiger partial charge is 0.252 e. The van der Waals surface area contributed by atoms with E-state index in [1.54, 1.807) is 5.56 Å². The lowest BCUT2D eigenvalue weighted by molar-refractivity contribution is 0.195. The van der Waals surface area contributed by atoms with Gasteiger partial charge in [0.2, 0.25) is 0 Å². The molecule has 4 heteroatoms. The van der Waals surface area contributed by atoms with Crippen molar-refractivity contribution in [1.82, 2.24) is 0 Å². The highest BCUT2D eigenvalue weighted by Crippen LogP contribution is 2.62. The summed E-state index contributed by atoms with van der Waals surface area (Å²) in [6.45, 7) is 11.4. The third-order valence-electron chi connectivity index (χ3n) is 16.4. The van der Waals surface area contributed by atoms with Gasteiger partial charge in [0.25, 0.3) is 6.71 Å². The zero-order valence-corrected chi connectivity index (χ0v) is 38.2. The van der Waals surface area contributed by atoms with Crippen LogP contribution in [0.2, 0.25) is 0 Å². The molecule has 2 aliphatic carbocycles. The molecule has 2 unspecified atom stereocenters. The number of nitrogens with zero attached hydrogens (tertiary/aromatic N) is 3. The molecule has 0 aromatic heterocycles. The van der Waals surface area contributed by atoms with Gasteiger partial charge >= 0.3 is 0 Å². The highest BCUT2D eigenvalue weighted by atomic mass is 15.3. The Morgan fingerprint density at radius 3 is 2.15 bits per heavy atom. The Morgan fingerprint density at radius 1 is 0.631 bits per heavy atom. The van der Waals surface area contributed by atoms with Crippen molar-refractivity contribution in [3.05, 3.63) is 193 Å². The Hall–Kier alpha value is -6.52. The standard InChI is InChI=1S/C61H58BN3/c1-5-6-20-43-31-32-46(37-42(43)2)45-23-18-28-50(38-45)63(48-24-12-8-13-25-48)51-33-34-53-55(41-51)64(49-26-14-9-15-27-49)56-39-47(44-21-10-7-11-22-44)40-57-58(56)62(53)54-30-19-29-52-59(54)65(57)61(4)36-17-16-35-60(52,61)3/h5-6,8-9,12-15,18-20,23-34,37-41,44H,1,7,10-11,16-17,21-22,35-36H2,2-4H3/b20-6-. The molecule has 0 amide bonds. The van der Waals surface area contributed by atoms with Crippen LogP contribution in [0, 0.1) is 6.92 Å². The van der Waals surface area contributed by atoms with Gasteiger partial charge in [-0.2, -0.15) is 0 Å². The number of aryl methyl sites for hydroxylation is 1. The van der Waals surface area contributed by atoms with Crippen molar-refractivity contribution >= 4 is 74.7 Å². The molecule has 7 aromatic carbocycles. The lowest BCUT2D eigenvalue weighted by atomic mass is 9.33. The Balaban J connectivity index is 1.09. The van der Waals surface area contributed by atoms with Crippen LogP contribution in [0.3, 0.4) is 0 Å². The second-order valence-electron chi connectivity index (χ2n) is 19.9. The molecule has 0 saturated heterocycles. The minimum Gasteiger partial charge on any atom is -0.335 e. The Labute approximate surface area is 386 Å². The number of allylic oxidation sites excluding steroid dienone is 2. The van der Waals surface area contributed by atoms with Gasteiger partial charge in [-0.25, -0.2) is 0 Å². The topological polar surface area (TPSA) is 9.72 Å². The fourth-order valence-corrected chi connectivity index (χ4v) is 13.0. The Morgan fingerprint density at radius 2 is 1.35 bits per heavy atom. The summed E-state index contributed by atoms with van der Waals surface area (Å²) < 4.78 is 0. The monoisotopic (exact) mass is 843 g/mol. The first-order valence-electron chi connectivity index (χ1n) is 24.3. The van der Waals surface area contributed by atoms with Gasteiger partial charge in [0.15, 0.2) is 0 Å². The molecule has 5 aliphatic rings. The molecule has 0 N–H and O–H groups in total. The van der Waals surface area contributed by atoms with Crippen LogP contribution in [-0.4, -0.2) is 12.3 Å². The van der Waals surface area contributed by atoms with Gasteiger partial charge in [-0.3, -0.25) is 0 Å². The van der Waals surface area contributed by atoms with Crippen LogP contribution in [-0.2, 0) is 5.41 Å². The van der Waals surface area contributed by atoms with Crippen LogP contribution in [0.25, 0.3) is 17.2 Å². The molecule has 2 fully saturated rings. The zero-order chi connectivity index (χ0) is 43.9. The number of benzene rings is 7. The molecule has 65 heavy (non-hydrogen) atoms. The van der Waals surface area contributed by atoms with Gasteiger partial charge in [0.1, 0.15) is 0 Å². The predicted molar refractivity (Wildman–Crippen MR) is 278 cm³/mol. The summed E-state index contributed by atoms with van der Waals surface area (Å²) >= 11 is 0. The van der Waals surface area contributed by atoms with Gasteiger partial charge in [0.05, 0.1) is 5.54 Å². The van der Waals surface area contributed by atoms with Gasteiger partial charge in [-0.15, -0.1) is 0 Å². The van der Waals surface area contributed by atoms with E-state index in [0.717, 1.165) is 17.1 Å². The highest BCUT2D eigenvalue weighted by Gasteiger charge is 2.61. The van der Waals surface area contributed by atoms with Crippen LogP contribution in [0.15, 0.2) is 170 Å². The van der Waals surface area contributed by atoms with E-state index in [2.05, 4.69) is 200 Å². The van der Waals surface area contributed by atoms with Crippen LogP contribution < -0.4 is 31.1 Å². The molecule has 3 nitrogen and oxygen atoms in total. The van der Waals surface area contributed by atoms with Crippen molar-refractivity contribution in [3.63, 3.8) is 0 Å². The van der Waals surface area contributed by atoms with Crippen LogP contribution >= 0.6 is 0 Å². The van der Waals surface area contributed by atoms with E-state index in [0.29, 0.717) is 5.92 Å². The number of fused-ring (bicyclic) bond motifs is 7. The molecule has 2 saturated carbocycles. The fourth-order valence-electron chi connectivity index (χ4n) is 13.0. The van der Waals surface area contributed by atoms with Crippen molar-refractivity contribution in [2.24, 2.45) is 0 Å². The zero-order valence-electron chi connectivity index (χ0n) is 38.2. The number of hydrogen-bond acceptors (Lipinski definition) is 3. The number of anilines is 8. The largest absolute Gasteiger partial charge is 0.335 e. The highest BCUT2D eigenvalue weighted by molar-refractivity contribution is 7.00. The maximum absolute atomic E-state index is 3.87. The molecule has 0 radical (unpaired) electrons. The van der Waals surface area contributed by atoms with Crippen LogP contribution in [0.1, 0.15) is 99.8 Å². The number of para-hydroxylation sites is 3. The molecular formula is C61H58BN3. The quantitative estimate of drug-likeness (QED) is 0.111. The SMILES string of the molecule is C=C/C=C\c1ccc(-c2cccc(N(c3ccccc3)c3ccc4c(c3)N(c3ccccc3)c3cc(C5CCCCC5)cc5c3B4c3cccc4c3N5C3(C)CCCCC43C)c2)cc1C. The van der Waals surface area contributed by atoms with Crippen LogP contribution in [0.5, 0.6) is 0 Å². The van der Waals surface area contributed by atoms with E-state index in [4.69, 9.17) is 0 Å². The van der Waals surface area contributed by atoms with Crippen molar-refractivity contribution in [1.29, 1.82) is 0 Å². The summed E-state index contributed by atoms with van der Waals surface area (Å²) in [5, 5.41) is 0. The average molecular weight is 844 g/mol. The Bertz CT molecular complexity index is 3020. The van der Waals surface area contributed by atoms with Gasteiger partial charge in [-0.1, -0.05) is 155 Å². The van der Waals surface area contributed by atoms with Gasteiger partial charge < -0.3 is 14.7 Å². The average Bonchev–Trinajstić information content (AvgIpc) is 3.56. The molecular weight excluding hydrogens is 786 g/mol. The normalized spacial score (nSPS) is 20.6. The third-order valence-corrected chi connectivity index (χ3v) is 16.4. The van der Waals surface area contributed by atoms with E-state index < -0.39 is 0 Å². The van der Waals surface area contributed by atoms with E-state index >= 15 is 0 Å². The molecule has 0 spiro atoms. The van der Waals surface area contributed by atoms with E-state index in [1.807, 2.05) is 12.2 Å². The lowest BCUT2D eigenvalue weighted by Gasteiger charge is -2.53. The summed E-state index contributed by atoms with van der Waals surface area (Å²) in [6, 6.07) is 58.0. The molecule has 2 atom stereocenters. The second kappa shape index (κ2) is 15.6. The fraction of sp³-hybridized carbons (Fsp3) is 0.246. The van der Waals surface area contributed by atoms with E-state index in [1.165, 1.54) is 130 Å². The predicted octanol–water partition coefficient (Wildman–Crippen LogP) is 14.7. The number of hydrogen-bond donors (Lipinski definition) is 0. The Kier molecular flexibility index (Phi) is 9.60. The maximum atomic E-state index is 3.87. The summed E-state index contributed by atoms with van der Waals surface area (Å²) in [5.74, 6) is 0.573. The summed E-state index contributed by atoms with van der Waals surface area (Å²) in [4.78, 5) is 7.99. The maximum Gasteiger partial charge on any atom is 0.252 e. The lowest BCUT2D eigenvalue weighted by Crippen LogP contribution is -2.64. The third kappa shape index (κ3) is 6.16. The summed E-state index contributed by atoms with van der Waals surface area (Å²) in [6.07, 6.45) is 17.5. The summed E-state index contributed by atoms with van der Waals surface area (Å²) in [7, 11) is 0. The van der Waals surface area contributed by atoms with Crippen molar-refractivity contribution in [2.75, 3.05) is 14.7 Å². The first-order valence-corrected chi connectivity index (χ1v) is 24.3. The second-order valence-corrected chi connectivity index (χ2v) is 19.9. The van der Waals surface area contributed by atoms with Crippen molar-refractivity contribution in [3.8, 4) is 11.1 Å². The first-order chi connectivity index (χ1) is 31.9. The number of rotatable bonds is 8. The molecule has 12 rings (SSSR count). The first kappa shape index (κ1) is 40.0. The molecule has 0 bridgehead atoms. The van der Waals surface area contributed by atoms with E-state index in [9.17, 15) is 0 Å². The minimum absolute atomic E-state index is 0.00331. The minimum atomic E-state index is 0.00331. The van der Waals surface area contributed by atoms with Gasteiger partial charge in [-0.05, 0) is 156 Å². The molecule has 3 heterocycles. The molecule has 7 aromatic rings. The molecule has 320 valence electrons. The molecule has 3 aliphatic heterocycles. The van der Waals surface area contributed by atoms with E-state index in [-0.39, 0.29) is 17.7 Å². The van der Waals surface area contributed by atoms with Crippen molar-refractivity contribution < 1.29 is 0 Å².